The van der Waals surface area contributed by atoms with Gasteiger partial charge >= 0.3 is 0 Å². The average Bonchev–Trinajstić information content (AvgIpc) is 2.95. The zero-order valence-electron chi connectivity index (χ0n) is 11.9. The van der Waals surface area contributed by atoms with Crippen molar-refractivity contribution in [1.29, 1.82) is 0 Å². The van der Waals surface area contributed by atoms with E-state index in [1.165, 1.54) is 11.1 Å². The standard InChI is InChI=1S/C17H17N3O/c1-13-11-16(21-20-13)12-19-17(14-5-3-2-4-6-14)15-7-9-18-10-8-15/h2-11,17,19H,12H2,1H3. The number of nitrogens with one attached hydrogen (secondary N) is 1. The number of benzene rings is 1. The third kappa shape index (κ3) is 3.35. The van der Waals surface area contributed by atoms with Crippen LogP contribution in [0.15, 0.2) is 65.4 Å². The topological polar surface area (TPSA) is 51.0 Å². The van der Waals surface area contributed by atoms with Gasteiger partial charge in [0.2, 0.25) is 0 Å². The first-order valence-corrected chi connectivity index (χ1v) is 6.93. The molecule has 106 valence electrons. The second kappa shape index (κ2) is 6.33. The average molecular weight is 279 g/mol. The van der Waals surface area contributed by atoms with E-state index in [-0.39, 0.29) is 6.04 Å². The summed E-state index contributed by atoms with van der Waals surface area (Å²) in [4.78, 5) is 4.09. The van der Waals surface area contributed by atoms with Crippen LogP contribution < -0.4 is 5.32 Å². The zero-order valence-corrected chi connectivity index (χ0v) is 11.9. The first kappa shape index (κ1) is 13.5. The second-order valence-corrected chi connectivity index (χ2v) is 4.94. The summed E-state index contributed by atoms with van der Waals surface area (Å²) < 4.78 is 5.26. The molecule has 0 spiro atoms. The van der Waals surface area contributed by atoms with Gasteiger partial charge in [-0.2, -0.15) is 0 Å². The molecular weight excluding hydrogens is 262 g/mol. The molecule has 0 aliphatic heterocycles. The normalized spacial score (nSPS) is 12.2. The molecule has 0 bridgehead atoms. The van der Waals surface area contributed by atoms with Gasteiger partial charge in [0.15, 0.2) is 5.76 Å². The minimum atomic E-state index is 0.0969. The highest BCUT2D eigenvalue weighted by Crippen LogP contribution is 2.21. The fourth-order valence-electron chi connectivity index (χ4n) is 2.33. The summed E-state index contributed by atoms with van der Waals surface area (Å²) in [6, 6.07) is 16.4. The Morgan fingerprint density at radius 1 is 1.05 bits per heavy atom. The summed E-state index contributed by atoms with van der Waals surface area (Å²) in [5.41, 5.74) is 3.28. The first-order chi connectivity index (χ1) is 10.3. The van der Waals surface area contributed by atoms with Crippen molar-refractivity contribution in [3.05, 3.63) is 83.5 Å². The van der Waals surface area contributed by atoms with E-state index in [1.807, 2.05) is 55.7 Å². The van der Waals surface area contributed by atoms with E-state index in [4.69, 9.17) is 4.52 Å². The lowest BCUT2D eigenvalue weighted by atomic mass is 9.99. The second-order valence-electron chi connectivity index (χ2n) is 4.94. The number of nitrogens with zero attached hydrogens (tertiary/aromatic N) is 2. The largest absolute Gasteiger partial charge is 0.360 e. The van der Waals surface area contributed by atoms with E-state index >= 15 is 0 Å². The van der Waals surface area contributed by atoms with Crippen LogP contribution in [0, 0.1) is 6.92 Å². The number of hydrogen-bond donors (Lipinski definition) is 1. The van der Waals surface area contributed by atoms with Crippen molar-refractivity contribution in [2.45, 2.75) is 19.5 Å². The maximum Gasteiger partial charge on any atom is 0.150 e. The fraction of sp³-hybridized carbons (Fsp3) is 0.176. The Hall–Kier alpha value is -2.46. The molecular formula is C17H17N3O. The van der Waals surface area contributed by atoms with Crippen LogP contribution in [0.1, 0.15) is 28.6 Å². The molecule has 1 unspecified atom stereocenters. The van der Waals surface area contributed by atoms with Crippen molar-refractivity contribution >= 4 is 0 Å². The van der Waals surface area contributed by atoms with Gasteiger partial charge in [0.25, 0.3) is 0 Å². The van der Waals surface area contributed by atoms with Crippen molar-refractivity contribution in [2.24, 2.45) is 0 Å². The highest BCUT2D eigenvalue weighted by atomic mass is 16.5. The Kier molecular flexibility index (Phi) is 4.07. The van der Waals surface area contributed by atoms with E-state index < -0.39 is 0 Å². The van der Waals surface area contributed by atoms with Crippen LogP contribution in [0.4, 0.5) is 0 Å². The fourth-order valence-corrected chi connectivity index (χ4v) is 2.33. The van der Waals surface area contributed by atoms with Gasteiger partial charge in [0.05, 0.1) is 18.3 Å². The molecule has 0 saturated carbocycles. The molecule has 1 aromatic carbocycles. The lowest BCUT2D eigenvalue weighted by Crippen LogP contribution is -2.21. The minimum Gasteiger partial charge on any atom is -0.360 e. The number of pyridine rings is 1. The van der Waals surface area contributed by atoms with E-state index in [0.29, 0.717) is 6.54 Å². The Morgan fingerprint density at radius 3 is 2.43 bits per heavy atom. The van der Waals surface area contributed by atoms with Crippen LogP contribution in [0.5, 0.6) is 0 Å². The van der Waals surface area contributed by atoms with Crippen LogP contribution >= 0.6 is 0 Å². The maximum absolute atomic E-state index is 5.26. The van der Waals surface area contributed by atoms with Crippen molar-refractivity contribution in [1.82, 2.24) is 15.5 Å². The SMILES string of the molecule is Cc1cc(CNC(c2ccccc2)c2ccncc2)on1. The van der Waals surface area contributed by atoms with Crippen LogP contribution in [-0.4, -0.2) is 10.1 Å². The third-order valence-corrected chi connectivity index (χ3v) is 3.33. The summed E-state index contributed by atoms with van der Waals surface area (Å²) in [7, 11) is 0. The summed E-state index contributed by atoms with van der Waals surface area (Å²) >= 11 is 0. The molecule has 21 heavy (non-hydrogen) atoms. The predicted molar refractivity (Wildman–Crippen MR) is 80.6 cm³/mol. The monoisotopic (exact) mass is 279 g/mol. The van der Waals surface area contributed by atoms with Crippen LogP contribution in [-0.2, 0) is 6.54 Å². The maximum atomic E-state index is 5.26. The summed E-state index contributed by atoms with van der Waals surface area (Å²) in [6.07, 6.45) is 3.62. The van der Waals surface area contributed by atoms with Gasteiger partial charge in [0.1, 0.15) is 0 Å². The smallest absolute Gasteiger partial charge is 0.150 e. The van der Waals surface area contributed by atoms with Crippen LogP contribution in [0.25, 0.3) is 0 Å². The Morgan fingerprint density at radius 2 is 1.76 bits per heavy atom. The zero-order chi connectivity index (χ0) is 14.5. The highest BCUT2D eigenvalue weighted by molar-refractivity contribution is 5.30. The van der Waals surface area contributed by atoms with E-state index in [0.717, 1.165) is 11.5 Å². The molecule has 1 N–H and O–H groups in total. The number of hydrogen-bond acceptors (Lipinski definition) is 4. The van der Waals surface area contributed by atoms with Crippen LogP contribution in [0.3, 0.4) is 0 Å². The highest BCUT2D eigenvalue weighted by Gasteiger charge is 2.14. The molecule has 0 amide bonds. The van der Waals surface area contributed by atoms with Gasteiger partial charge in [-0.25, -0.2) is 0 Å². The van der Waals surface area contributed by atoms with Gasteiger partial charge < -0.3 is 4.52 Å². The minimum absolute atomic E-state index is 0.0969. The quantitative estimate of drug-likeness (QED) is 0.779. The first-order valence-electron chi connectivity index (χ1n) is 6.93. The van der Waals surface area contributed by atoms with E-state index in [1.54, 1.807) is 0 Å². The third-order valence-electron chi connectivity index (χ3n) is 3.33. The molecule has 4 heteroatoms. The van der Waals surface area contributed by atoms with E-state index in [9.17, 15) is 0 Å². The molecule has 0 aliphatic rings. The molecule has 3 aromatic rings. The van der Waals surface area contributed by atoms with Crippen molar-refractivity contribution in [3.8, 4) is 0 Å². The van der Waals surface area contributed by atoms with E-state index in [2.05, 4.69) is 27.6 Å². The molecule has 0 fully saturated rings. The van der Waals surface area contributed by atoms with Crippen molar-refractivity contribution < 1.29 is 4.52 Å². The summed E-state index contributed by atoms with van der Waals surface area (Å²) in [6.45, 7) is 2.55. The van der Waals surface area contributed by atoms with Gasteiger partial charge in [-0.05, 0) is 30.2 Å². The molecule has 4 nitrogen and oxygen atoms in total. The van der Waals surface area contributed by atoms with Gasteiger partial charge in [0, 0.05) is 18.5 Å². The molecule has 2 heterocycles. The molecule has 1 atom stereocenters. The molecule has 2 aromatic heterocycles. The lowest BCUT2D eigenvalue weighted by Gasteiger charge is -2.19. The molecule has 3 rings (SSSR count). The van der Waals surface area contributed by atoms with Crippen molar-refractivity contribution in [3.63, 3.8) is 0 Å². The van der Waals surface area contributed by atoms with Gasteiger partial charge in [-0.15, -0.1) is 0 Å². The predicted octanol–water partition coefficient (Wildman–Crippen LogP) is 3.26. The van der Waals surface area contributed by atoms with Gasteiger partial charge in [-0.1, -0.05) is 35.5 Å². The Labute approximate surface area is 123 Å². The van der Waals surface area contributed by atoms with Gasteiger partial charge in [-0.3, -0.25) is 10.3 Å². The molecule has 0 saturated heterocycles. The lowest BCUT2D eigenvalue weighted by molar-refractivity contribution is 0.365. The Balaban J connectivity index is 1.83. The number of rotatable bonds is 5. The summed E-state index contributed by atoms with van der Waals surface area (Å²) in [5, 5.41) is 7.44. The van der Waals surface area contributed by atoms with Crippen LogP contribution in [0.2, 0.25) is 0 Å². The molecule has 0 aliphatic carbocycles. The number of aryl methyl sites for hydroxylation is 1. The summed E-state index contributed by atoms with van der Waals surface area (Å²) in [5.74, 6) is 0.836. The van der Waals surface area contributed by atoms with Crippen molar-refractivity contribution in [2.75, 3.05) is 0 Å². The number of aromatic nitrogens is 2. The Bertz CT molecular complexity index is 640. The molecule has 0 radical (unpaired) electrons.